The van der Waals surface area contributed by atoms with Gasteiger partial charge in [0.1, 0.15) is 5.52 Å². The molecule has 11 rings (SSSR count). The number of amides is 1. The largest absolute Gasteiger partial charge is 0.437 e. The van der Waals surface area contributed by atoms with E-state index >= 15 is 4.39 Å². The third kappa shape index (κ3) is 6.38. The van der Waals surface area contributed by atoms with Crippen LogP contribution >= 0.6 is 23.2 Å². The molecule has 0 radical (unpaired) electrons. The molecular weight excluding hydrogens is 767 g/mol. The van der Waals surface area contributed by atoms with E-state index in [0.717, 1.165) is 35.9 Å². The van der Waals surface area contributed by atoms with Crippen molar-refractivity contribution in [3.8, 4) is 17.2 Å². The summed E-state index contributed by atoms with van der Waals surface area (Å²) < 4.78 is 60.0. The van der Waals surface area contributed by atoms with Crippen molar-refractivity contribution in [2.24, 2.45) is 24.8 Å². The molecule has 3 aromatic heterocycles. The molecule has 2 aliphatic carbocycles. The number of hydrogen-bond acceptors (Lipinski definition) is 6. The Bertz CT molecular complexity index is 2410. The fraction of sp³-hybridized carbons (Fsp3) is 0.463. The summed E-state index contributed by atoms with van der Waals surface area (Å²) in [6.07, 6.45) is 2.32. The molecule has 2 aromatic carbocycles. The quantitative estimate of drug-likeness (QED) is 0.166. The molecule has 4 saturated heterocycles. The average molecular weight is 808 g/mol. The summed E-state index contributed by atoms with van der Waals surface area (Å²) in [5, 5.41) is 18.3. The van der Waals surface area contributed by atoms with E-state index in [1.165, 1.54) is 37.3 Å². The van der Waals surface area contributed by atoms with E-state index in [1.807, 2.05) is 17.0 Å². The van der Waals surface area contributed by atoms with Crippen molar-refractivity contribution in [3.63, 3.8) is 0 Å². The highest BCUT2D eigenvalue weighted by Gasteiger charge is 2.53. The minimum absolute atomic E-state index is 0.00726. The van der Waals surface area contributed by atoms with Crippen molar-refractivity contribution in [1.29, 1.82) is 5.26 Å². The fourth-order valence-corrected chi connectivity index (χ4v) is 9.89. The van der Waals surface area contributed by atoms with Crippen molar-refractivity contribution >= 4 is 56.6 Å². The van der Waals surface area contributed by atoms with Gasteiger partial charge in [-0.05, 0) is 81.7 Å². The molecule has 5 aromatic rings. The highest BCUT2D eigenvalue weighted by molar-refractivity contribution is 6.43. The monoisotopic (exact) mass is 806 g/mol. The summed E-state index contributed by atoms with van der Waals surface area (Å²) in [7, 11) is 1.47. The molecule has 4 aliphatic heterocycles. The van der Waals surface area contributed by atoms with E-state index in [1.54, 1.807) is 30.0 Å². The summed E-state index contributed by atoms with van der Waals surface area (Å²) in [5.41, 5.74) is 2.31. The van der Waals surface area contributed by atoms with E-state index < -0.39 is 23.7 Å². The Labute approximate surface area is 330 Å². The molecule has 2 N–H and O–H groups in total. The van der Waals surface area contributed by atoms with Crippen LogP contribution in [0.2, 0.25) is 10.0 Å². The molecule has 3 unspecified atom stereocenters. The van der Waals surface area contributed by atoms with Gasteiger partial charge in [0, 0.05) is 83.9 Å². The minimum Gasteiger partial charge on any atom is -0.366 e. The van der Waals surface area contributed by atoms with Crippen molar-refractivity contribution in [1.82, 2.24) is 30.0 Å². The lowest BCUT2D eigenvalue weighted by Gasteiger charge is -2.34. The van der Waals surface area contributed by atoms with Crippen LogP contribution in [-0.2, 0) is 24.4 Å². The molecule has 7 heterocycles. The molecule has 292 valence electrons. The lowest BCUT2D eigenvalue weighted by atomic mass is 9.87. The third-order valence-corrected chi connectivity index (χ3v) is 13.1. The number of benzene rings is 2. The highest BCUT2D eigenvalue weighted by atomic mass is 35.5. The van der Waals surface area contributed by atoms with Crippen LogP contribution in [0.15, 0.2) is 36.5 Å². The molecule has 1 amide bonds. The average Bonchev–Trinajstić information content (AvgIpc) is 3.55. The van der Waals surface area contributed by atoms with Gasteiger partial charge in [0.25, 0.3) is 0 Å². The number of pyridine rings is 1. The molecule has 6 fully saturated rings. The standard InChI is InChI=1S/C36H31Cl2F4N7O.C5H9N/c1-17-23-13-26(45-31(23)24-12-19(5-4-10-43)28(30(39)32(24)44-17)22-6-3-7-25(37)29(22)38)33-20-11-21(49(33)35(50)18-8-9-18)15-48(14-20)27-16-47(2)46-34(27)36(40,41)42;1-4-2-5(1)6-3-4/h3,6-7,12-13,16,18,20-21,33,45H,4-5,8-9,11,14-15H2,1-2H3;4-6H,1-3H2. The number of anilines is 1. The third-order valence-electron chi connectivity index (χ3n) is 12.3. The summed E-state index contributed by atoms with van der Waals surface area (Å²) >= 11 is 12.9. The first-order chi connectivity index (χ1) is 26.8. The molecule has 56 heavy (non-hydrogen) atoms. The van der Waals surface area contributed by atoms with Gasteiger partial charge in [0.15, 0.2) is 11.5 Å². The predicted octanol–water partition coefficient (Wildman–Crippen LogP) is 8.90. The van der Waals surface area contributed by atoms with E-state index in [9.17, 15) is 23.2 Å². The van der Waals surface area contributed by atoms with Crippen LogP contribution in [0, 0.1) is 41.8 Å². The summed E-state index contributed by atoms with van der Waals surface area (Å²) in [6, 6.07) is 11.1. The molecule has 0 spiro atoms. The molecule has 6 aliphatic rings. The number of likely N-dealkylation sites (tertiary alicyclic amines) is 1. The maximum atomic E-state index is 16.7. The smallest absolute Gasteiger partial charge is 0.366 e. The minimum atomic E-state index is -4.63. The number of halogens is 6. The number of aromatic amines is 1. The van der Waals surface area contributed by atoms with Gasteiger partial charge >= 0.3 is 6.18 Å². The Balaban J connectivity index is 0.000000617. The number of hydrogen-bond donors (Lipinski definition) is 2. The van der Waals surface area contributed by atoms with Gasteiger partial charge in [-0.25, -0.2) is 9.37 Å². The Morgan fingerprint density at radius 2 is 1.89 bits per heavy atom. The Hall–Kier alpha value is -4.38. The number of nitrogens with one attached hydrogen (secondary N) is 2. The van der Waals surface area contributed by atoms with Gasteiger partial charge in [-0.2, -0.15) is 23.5 Å². The first kappa shape index (κ1) is 37.2. The Kier molecular flexibility index (Phi) is 9.25. The second-order valence-electron chi connectivity index (χ2n) is 16.1. The number of piperidine rings is 1. The fourth-order valence-electron chi connectivity index (χ4n) is 9.49. The number of fused-ring (bicyclic) bond motifs is 6. The van der Waals surface area contributed by atoms with E-state index in [-0.39, 0.29) is 70.0 Å². The second kappa shape index (κ2) is 13.9. The molecular formula is C41H40Cl2F4N8O. The summed E-state index contributed by atoms with van der Waals surface area (Å²) in [6.45, 7) is 3.66. The zero-order valence-corrected chi connectivity index (χ0v) is 32.4. The molecule has 15 heteroatoms. The number of nitriles is 1. The lowest BCUT2D eigenvalue weighted by molar-refractivity contribution is -0.141. The molecule has 9 nitrogen and oxygen atoms in total. The van der Waals surface area contributed by atoms with Crippen LogP contribution in [-0.4, -0.2) is 62.3 Å². The lowest BCUT2D eigenvalue weighted by Crippen LogP contribution is -2.45. The van der Waals surface area contributed by atoms with Gasteiger partial charge in [0.2, 0.25) is 5.91 Å². The van der Waals surface area contributed by atoms with E-state index in [2.05, 4.69) is 21.5 Å². The number of carbonyl (C=O) groups excluding carboxylic acids is 1. The van der Waals surface area contributed by atoms with E-state index in [0.29, 0.717) is 40.7 Å². The van der Waals surface area contributed by atoms with Crippen LogP contribution in [0.4, 0.5) is 23.2 Å². The summed E-state index contributed by atoms with van der Waals surface area (Å²) in [5.74, 6) is 0.227. The van der Waals surface area contributed by atoms with Crippen LogP contribution in [0.5, 0.6) is 0 Å². The van der Waals surface area contributed by atoms with Crippen molar-refractivity contribution < 1.29 is 22.4 Å². The number of H-pyrrole nitrogens is 1. The van der Waals surface area contributed by atoms with Crippen LogP contribution < -0.4 is 10.2 Å². The van der Waals surface area contributed by atoms with Gasteiger partial charge < -0.3 is 20.1 Å². The maximum absolute atomic E-state index is 16.7. The van der Waals surface area contributed by atoms with Crippen molar-refractivity contribution in [2.75, 3.05) is 24.5 Å². The first-order valence-electron chi connectivity index (χ1n) is 19.2. The van der Waals surface area contributed by atoms with Crippen molar-refractivity contribution in [3.05, 3.63) is 75.0 Å². The normalized spacial score (nSPS) is 24.0. The molecule has 4 bridgehead atoms. The van der Waals surface area contributed by atoms with Gasteiger partial charge in [-0.3, -0.25) is 9.48 Å². The SMILES string of the molecule is C1NC2CC1C2.Cc1nc2c(F)c(-c3cccc(Cl)c3Cl)c(CCC#N)cc2c2[nH]c(C3C4CC(CN(c5cn(C)nc5C(F)(F)F)C4)N3C(=O)C3CC3)cc12. The second-order valence-corrected chi connectivity index (χ2v) is 16.9. The molecule has 3 atom stereocenters. The molecule has 2 saturated carbocycles. The van der Waals surface area contributed by atoms with Gasteiger partial charge in [-0.1, -0.05) is 35.3 Å². The Morgan fingerprint density at radius 1 is 1.11 bits per heavy atom. The van der Waals surface area contributed by atoms with Gasteiger partial charge in [0.05, 0.1) is 39.4 Å². The van der Waals surface area contributed by atoms with E-state index in [4.69, 9.17) is 28.2 Å². The van der Waals surface area contributed by atoms with Crippen LogP contribution in [0.25, 0.3) is 32.9 Å². The number of carbonyl (C=O) groups is 1. The number of aromatic nitrogens is 4. The zero-order chi connectivity index (χ0) is 39.2. The van der Waals surface area contributed by atoms with Gasteiger partial charge in [-0.15, -0.1) is 0 Å². The van der Waals surface area contributed by atoms with Crippen LogP contribution in [0.3, 0.4) is 0 Å². The highest BCUT2D eigenvalue weighted by Crippen LogP contribution is 2.50. The zero-order valence-electron chi connectivity index (χ0n) is 30.9. The number of aryl methyl sites for hydroxylation is 3. The summed E-state index contributed by atoms with van der Waals surface area (Å²) in [4.78, 5) is 25.7. The predicted molar refractivity (Wildman–Crippen MR) is 207 cm³/mol. The topological polar surface area (TPSA) is 106 Å². The van der Waals surface area contributed by atoms with Crippen LogP contribution in [0.1, 0.15) is 67.2 Å². The Morgan fingerprint density at radius 3 is 2.55 bits per heavy atom. The maximum Gasteiger partial charge on any atom is 0.437 e. The number of nitrogens with zero attached hydrogens (tertiary/aromatic N) is 6. The number of alkyl halides is 3. The number of rotatable bonds is 6. The van der Waals surface area contributed by atoms with Crippen molar-refractivity contribution in [2.45, 2.75) is 76.2 Å². The first-order valence-corrected chi connectivity index (χ1v) is 19.9.